The molecule has 0 aliphatic rings. The van der Waals surface area contributed by atoms with Crippen molar-refractivity contribution in [2.45, 2.75) is 13.5 Å². The van der Waals surface area contributed by atoms with Crippen LogP contribution in [-0.2, 0) is 6.54 Å². The molecule has 0 aliphatic heterocycles. The Hall–Kier alpha value is -2.03. The molecule has 1 aromatic carbocycles. The molecule has 2 aromatic rings. The molecule has 0 saturated carbocycles. The van der Waals surface area contributed by atoms with Crippen molar-refractivity contribution in [3.05, 3.63) is 53.7 Å². The third-order valence-electron chi connectivity index (χ3n) is 2.55. The fraction of sp³-hybridized carbons (Fsp3) is 0.214. The van der Waals surface area contributed by atoms with E-state index in [0.717, 1.165) is 17.8 Å². The van der Waals surface area contributed by atoms with Gasteiger partial charge in [-0.15, -0.1) is 0 Å². The first-order chi connectivity index (χ1) is 8.28. The Kier molecular flexibility index (Phi) is 3.60. The van der Waals surface area contributed by atoms with E-state index >= 15 is 0 Å². The van der Waals surface area contributed by atoms with Crippen LogP contribution < -0.4 is 10.1 Å². The minimum Gasteiger partial charge on any atom is -0.481 e. The van der Waals surface area contributed by atoms with Gasteiger partial charge in [-0.25, -0.2) is 4.98 Å². The molecule has 0 radical (unpaired) electrons. The van der Waals surface area contributed by atoms with Gasteiger partial charge in [0.1, 0.15) is 0 Å². The molecule has 3 heteroatoms. The Morgan fingerprint density at radius 3 is 2.47 bits per heavy atom. The number of anilines is 1. The first-order valence-electron chi connectivity index (χ1n) is 5.57. The van der Waals surface area contributed by atoms with Crippen molar-refractivity contribution in [3.8, 4) is 5.88 Å². The summed E-state index contributed by atoms with van der Waals surface area (Å²) in [6.45, 7) is 2.84. The van der Waals surface area contributed by atoms with Gasteiger partial charge in [0.2, 0.25) is 5.88 Å². The van der Waals surface area contributed by atoms with Crippen molar-refractivity contribution >= 4 is 5.69 Å². The van der Waals surface area contributed by atoms with E-state index in [9.17, 15) is 0 Å². The minimum atomic E-state index is 0.643. The Bertz CT molecular complexity index is 463. The summed E-state index contributed by atoms with van der Waals surface area (Å²) in [7, 11) is 1.62. The van der Waals surface area contributed by atoms with E-state index in [-0.39, 0.29) is 0 Å². The minimum absolute atomic E-state index is 0.643. The van der Waals surface area contributed by atoms with Gasteiger partial charge in [-0.2, -0.15) is 0 Å². The zero-order valence-corrected chi connectivity index (χ0v) is 10.1. The molecule has 1 aromatic heterocycles. The largest absolute Gasteiger partial charge is 0.481 e. The maximum atomic E-state index is 5.01. The summed E-state index contributed by atoms with van der Waals surface area (Å²) >= 11 is 0. The van der Waals surface area contributed by atoms with Crippen LogP contribution in [0.1, 0.15) is 11.1 Å². The number of pyridine rings is 1. The monoisotopic (exact) mass is 228 g/mol. The van der Waals surface area contributed by atoms with Crippen LogP contribution >= 0.6 is 0 Å². The molecule has 3 nitrogen and oxygen atoms in total. The summed E-state index contributed by atoms with van der Waals surface area (Å²) in [4.78, 5) is 4.16. The Morgan fingerprint density at radius 1 is 1.12 bits per heavy atom. The maximum absolute atomic E-state index is 5.01. The molecule has 0 atom stereocenters. The Labute approximate surface area is 101 Å². The third-order valence-corrected chi connectivity index (χ3v) is 2.55. The number of methoxy groups -OCH3 is 1. The zero-order valence-electron chi connectivity index (χ0n) is 10.1. The molecule has 0 spiro atoms. The normalized spacial score (nSPS) is 10.0. The van der Waals surface area contributed by atoms with Crippen LogP contribution in [0.4, 0.5) is 5.69 Å². The highest BCUT2D eigenvalue weighted by molar-refractivity contribution is 5.44. The number of aromatic nitrogens is 1. The molecule has 0 aliphatic carbocycles. The second-order valence-corrected chi connectivity index (χ2v) is 3.93. The van der Waals surface area contributed by atoms with Crippen LogP contribution in [0.3, 0.4) is 0 Å². The summed E-state index contributed by atoms with van der Waals surface area (Å²) in [5.74, 6) is 0.643. The molecule has 2 rings (SSSR count). The summed E-state index contributed by atoms with van der Waals surface area (Å²) in [5.41, 5.74) is 3.51. The molecule has 1 heterocycles. The zero-order chi connectivity index (χ0) is 12.1. The molecular formula is C14H16N2O. The summed E-state index contributed by atoms with van der Waals surface area (Å²) in [6, 6.07) is 12.2. The van der Waals surface area contributed by atoms with E-state index in [4.69, 9.17) is 4.74 Å². The van der Waals surface area contributed by atoms with Gasteiger partial charge in [0.25, 0.3) is 0 Å². The van der Waals surface area contributed by atoms with Gasteiger partial charge in [0.15, 0.2) is 0 Å². The van der Waals surface area contributed by atoms with Gasteiger partial charge in [-0.3, -0.25) is 0 Å². The highest BCUT2D eigenvalue weighted by Crippen LogP contribution is 2.11. The standard InChI is InChI=1S/C14H16N2O/c1-11-3-6-13(7-4-11)15-9-12-5-8-14(17-2)16-10-12/h3-8,10,15H,9H2,1-2H3. The number of hydrogen-bond donors (Lipinski definition) is 1. The predicted molar refractivity (Wildman–Crippen MR) is 69.3 cm³/mol. The van der Waals surface area contributed by atoms with Crippen LogP contribution in [0.25, 0.3) is 0 Å². The second kappa shape index (κ2) is 5.34. The molecular weight excluding hydrogens is 212 g/mol. The molecule has 17 heavy (non-hydrogen) atoms. The highest BCUT2D eigenvalue weighted by Gasteiger charge is 1.96. The lowest BCUT2D eigenvalue weighted by molar-refractivity contribution is 0.397. The second-order valence-electron chi connectivity index (χ2n) is 3.93. The fourth-order valence-corrected chi connectivity index (χ4v) is 1.51. The average Bonchev–Trinajstić information content (AvgIpc) is 2.39. The lowest BCUT2D eigenvalue weighted by Gasteiger charge is -2.07. The Balaban J connectivity index is 1.95. The van der Waals surface area contributed by atoms with Gasteiger partial charge < -0.3 is 10.1 Å². The van der Waals surface area contributed by atoms with Crippen molar-refractivity contribution < 1.29 is 4.74 Å². The first-order valence-corrected chi connectivity index (χ1v) is 5.57. The van der Waals surface area contributed by atoms with E-state index in [1.54, 1.807) is 7.11 Å². The van der Waals surface area contributed by atoms with E-state index in [2.05, 4.69) is 41.5 Å². The van der Waals surface area contributed by atoms with Crippen LogP contribution in [0.5, 0.6) is 5.88 Å². The van der Waals surface area contributed by atoms with E-state index < -0.39 is 0 Å². The number of nitrogens with zero attached hydrogens (tertiary/aromatic N) is 1. The molecule has 88 valence electrons. The van der Waals surface area contributed by atoms with Crippen molar-refractivity contribution in [3.63, 3.8) is 0 Å². The molecule has 0 bridgehead atoms. The lowest BCUT2D eigenvalue weighted by atomic mass is 10.2. The Morgan fingerprint density at radius 2 is 1.88 bits per heavy atom. The summed E-state index contributed by atoms with van der Waals surface area (Å²) in [6.07, 6.45) is 1.82. The number of ether oxygens (including phenoxy) is 1. The first kappa shape index (κ1) is 11.5. The number of aryl methyl sites for hydroxylation is 1. The van der Waals surface area contributed by atoms with Crippen molar-refractivity contribution in [2.24, 2.45) is 0 Å². The van der Waals surface area contributed by atoms with Crippen LogP contribution in [-0.4, -0.2) is 12.1 Å². The highest BCUT2D eigenvalue weighted by atomic mass is 16.5. The third kappa shape index (κ3) is 3.21. The van der Waals surface area contributed by atoms with Crippen molar-refractivity contribution in [1.82, 2.24) is 4.98 Å². The van der Waals surface area contributed by atoms with Crippen LogP contribution in [0.15, 0.2) is 42.6 Å². The van der Waals surface area contributed by atoms with Gasteiger partial charge in [0.05, 0.1) is 7.11 Å². The molecule has 0 saturated heterocycles. The van der Waals surface area contributed by atoms with E-state index in [0.29, 0.717) is 5.88 Å². The topological polar surface area (TPSA) is 34.1 Å². The lowest BCUT2D eigenvalue weighted by Crippen LogP contribution is -2.00. The summed E-state index contributed by atoms with van der Waals surface area (Å²) < 4.78 is 5.01. The number of hydrogen-bond acceptors (Lipinski definition) is 3. The molecule has 0 fully saturated rings. The SMILES string of the molecule is COc1ccc(CNc2ccc(C)cc2)cn1. The average molecular weight is 228 g/mol. The van der Waals surface area contributed by atoms with Gasteiger partial charge in [-0.05, 0) is 24.6 Å². The molecule has 0 unspecified atom stereocenters. The van der Waals surface area contributed by atoms with E-state index in [1.807, 2.05) is 18.3 Å². The number of nitrogens with one attached hydrogen (secondary N) is 1. The summed E-state index contributed by atoms with van der Waals surface area (Å²) in [5, 5.41) is 3.34. The van der Waals surface area contributed by atoms with Gasteiger partial charge >= 0.3 is 0 Å². The van der Waals surface area contributed by atoms with Crippen LogP contribution in [0, 0.1) is 6.92 Å². The van der Waals surface area contributed by atoms with Crippen molar-refractivity contribution in [1.29, 1.82) is 0 Å². The predicted octanol–water partition coefficient (Wildman–Crippen LogP) is 3.01. The fourth-order valence-electron chi connectivity index (χ4n) is 1.51. The number of benzene rings is 1. The van der Waals surface area contributed by atoms with E-state index in [1.165, 1.54) is 5.56 Å². The van der Waals surface area contributed by atoms with Gasteiger partial charge in [0, 0.05) is 24.5 Å². The molecule has 1 N–H and O–H groups in total. The number of rotatable bonds is 4. The quantitative estimate of drug-likeness (QED) is 0.873. The maximum Gasteiger partial charge on any atom is 0.212 e. The smallest absolute Gasteiger partial charge is 0.212 e. The molecule has 0 amide bonds. The van der Waals surface area contributed by atoms with Gasteiger partial charge in [-0.1, -0.05) is 23.8 Å². The van der Waals surface area contributed by atoms with Crippen LogP contribution in [0.2, 0.25) is 0 Å². The van der Waals surface area contributed by atoms with Crippen molar-refractivity contribution in [2.75, 3.05) is 12.4 Å².